The number of benzene rings is 2. The van der Waals surface area contributed by atoms with Crippen molar-refractivity contribution in [3.63, 3.8) is 0 Å². The number of aromatic nitrogens is 4. The number of fused-ring (bicyclic) bond motifs is 1. The molecular formula is C18H15AcN6S-. The van der Waals surface area contributed by atoms with Crippen LogP contribution >= 0.6 is 11.8 Å². The normalized spacial score (nSPS) is 10.5. The third-order valence-electron chi connectivity index (χ3n) is 3.58. The number of aryl methyl sites for hydroxylation is 1. The van der Waals surface area contributed by atoms with E-state index in [-0.39, 0.29) is 44.1 Å². The van der Waals surface area contributed by atoms with Gasteiger partial charge in [0.2, 0.25) is 5.95 Å². The van der Waals surface area contributed by atoms with Crippen molar-refractivity contribution in [2.45, 2.75) is 16.8 Å². The van der Waals surface area contributed by atoms with Crippen molar-refractivity contribution >= 4 is 40.1 Å². The van der Waals surface area contributed by atoms with Crippen LogP contribution < -0.4 is 5.32 Å². The van der Waals surface area contributed by atoms with E-state index in [1.54, 1.807) is 23.9 Å². The molecule has 0 fully saturated rings. The number of H-pyrrole nitrogens is 1. The molecule has 4 rings (SSSR count). The molecule has 3 N–H and O–H groups in total. The fourth-order valence-corrected chi connectivity index (χ4v) is 3.32. The average molecular weight is 574 g/mol. The van der Waals surface area contributed by atoms with Crippen LogP contribution in [0.1, 0.15) is 5.69 Å². The Morgan fingerprint density at radius 3 is 2.54 bits per heavy atom. The zero-order valence-corrected chi connectivity index (χ0v) is 19.6. The topological polar surface area (TPSA) is 90.3 Å². The minimum absolute atomic E-state index is 0. The first kappa shape index (κ1) is 19.2. The first-order chi connectivity index (χ1) is 12.2. The third-order valence-corrected chi connectivity index (χ3v) is 4.60. The van der Waals surface area contributed by atoms with Gasteiger partial charge in [0, 0.05) is 66.1 Å². The standard InChI is InChI=1S/C18H15N6S.Ac/c1-11-10-16(24-23-11)21-18-20-15-5-3-2-4-14(15)17(22-18)25-13-8-6-12(19)7-9-13;/h2-10,19H,1H3,(H2,20,21,22,23,24);/q-1;. The number of rotatable bonds is 4. The molecule has 4 aromatic rings. The van der Waals surface area contributed by atoms with Crippen LogP contribution in [0.2, 0.25) is 0 Å². The van der Waals surface area contributed by atoms with Crippen LogP contribution in [0.25, 0.3) is 16.6 Å². The first-order valence-electron chi connectivity index (χ1n) is 7.73. The van der Waals surface area contributed by atoms with Crippen molar-refractivity contribution in [2.24, 2.45) is 0 Å². The Bertz CT molecular complexity index is 1030. The van der Waals surface area contributed by atoms with E-state index in [0.29, 0.717) is 17.5 Å². The van der Waals surface area contributed by atoms with Gasteiger partial charge in [-0.3, -0.25) is 5.10 Å². The number of nitrogens with zero attached hydrogens (tertiary/aromatic N) is 3. The molecule has 0 saturated heterocycles. The minimum Gasteiger partial charge on any atom is -0.699 e. The summed E-state index contributed by atoms with van der Waals surface area (Å²) in [6.07, 6.45) is 0. The molecule has 0 unspecified atom stereocenters. The number of aromatic amines is 1. The number of anilines is 2. The quantitative estimate of drug-likeness (QED) is 0.326. The molecule has 0 spiro atoms. The van der Waals surface area contributed by atoms with Gasteiger partial charge in [-0.1, -0.05) is 42.1 Å². The maximum Gasteiger partial charge on any atom is 0.230 e. The summed E-state index contributed by atoms with van der Waals surface area (Å²) in [5.41, 5.74) is 9.94. The Morgan fingerprint density at radius 1 is 1.04 bits per heavy atom. The number of nitrogens with one attached hydrogen (secondary N) is 3. The molecule has 127 valence electrons. The monoisotopic (exact) mass is 574 g/mol. The van der Waals surface area contributed by atoms with Crippen LogP contribution in [0.4, 0.5) is 17.5 Å². The van der Waals surface area contributed by atoms with Crippen LogP contribution in [0.3, 0.4) is 0 Å². The summed E-state index contributed by atoms with van der Waals surface area (Å²) in [4.78, 5) is 10.3. The van der Waals surface area contributed by atoms with Crippen LogP contribution in [-0.4, -0.2) is 20.2 Å². The Hall–Kier alpha value is -1.62. The van der Waals surface area contributed by atoms with Crippen LogP contribution in [0.5, 0.6) is 0 Å². The minimum atomic E-state index is 0. The summed E-state index contributed by atoms with van der Waals surface area (Å²) in [5, 5.41) is 12.1. The van der Waals surface area contributed by atoms with Gasteiger partial charge in [0.15, 0.2) is 5.82 Å². The van der Waals surface area contributed by atoms with Crippen molar-refractivity contribution in [2.75, 3.05) is 5.32 Å². The van der Waals surface area contributed by atoms with Crippen molar-refractivity contribution < 1.29 is 44.1 Å². The molecule has 2 heterocycles. The van der Waals surface area contributed by atoms with E-state index in [1.165, 1.54) is 0 Å². The number of para-hydroxylation sites is 1. The van der Waals surface area contributed by atoms with Crippen molar-refractivity contribution in [3.05, 3.63) is 66.0 Å². The molecule has 0 atom stereocenters. The van der Waals surface area contributed by atoms with E-state index in [0.717, 1.165) is 26.5 Å². The fraction of sp³-hybridized carbons (Fsp3) is 0.0556. The molecule has 26 heavy (non-hydrogen) atoms. The van der Waals surface area contributed by atoms with Gasteiger partial charge in [0.1, 0.15) is 5.03 Å². The summed E-state index contributed by atoms with van der Waals surface area (Å²) in [6, 6.07) is 17.2. The van der Waals surface area contributed by atoms with E-state index < -0.39 is 0 Å². The summed E-state index contributed by atoms with van der Waals surface area (Å²) in [5.74, 6) is 1.19. The molecule has 2 aromatic carbocycles. The second-order valence-electron chi connectivity index (χ2n) is 5.56. The van der Waals surface area contributed by atoms with Crippen molar-refractivity contribution in [1.29, 1.82) is 0 Å². The van der Waals surface area contributed by atoms with E-state index in [4.69, 9.17) is 5.73 Å². The van der Waals surface area contributed by atoms with Gasteiger partial charge < -0.3 is 11.1 Å². The molecule has 0 aliphatic carbocycles. The molecule has 6 nitrogen and oxygen atoms in total. The Balaban J connectivity index is 0.00000196. The summed E-state index contributed by atoms with van der Waals surface area (Å²) < 4.78 is 0. The van der Waals surface area contributed by atoms with Crippen LogP contribution in [0, 0.1) is 51.0 Å². The van der Waals surface area contributed by atoms with Crippen LogP contribution in [0.15, 0.2) is 64.5 Å². The van der Waals surface area contributed by atoms with Gasteiger partial charge in [-0.25, -0.2) is 9.97 Å². The molecule has 0 aliphatic heterocycles. The Kier molecular flexibility index (Phi) is 6.17. The largest absolute Gasteiger partial charge is 0.699 e. The summed E-state index contributed by atoms with van der Waals surface area (Å²) in [7, 11) is 0. The zero-order chi connectivity index (χ0) is 17.2. The molecule has 2 aromatic heterocycles. The zero-order valence-electron chi connectivity index (χ0n) is 14.0. The van der Waals surface area contributed by atoms with Gasteiger partial charge in [-0.05, 0) is 25.1 Å². The van der Waals surface area contributed by atoms with E-state index in [2.05, 4.69) is 25.5 Å². The Labute approximate surface area is 190 Å². The maximum atomic E-state index is 7.61. The van der Waals surface area contributed by atoms with Gasteiger partial charge in [-0.2, -0.15) is 5.10 Å². The second-order valence-corrected chi connectivity index (χ2v) is 6.62. The first-order valence-corrected chi connectivity index (χ1v) is 8.54. The van der Waals surface area contributed by atoms with Crippen molar-refractivity contribution in [1.82, 2.24) is 20.2 Å². The summed E-state index contributed by atoms with van der Waals surface area (Å²) >= 11 is 1.55. The third kappa shape index (κ3) is 4.37. The van der Waals surface area contributed by atoms with Gasteiger partial charge in [0.05, 0.1) is 5.52 Å². The average Bonchev–Trinajstić information content (AvgIpc) is 3.02. The van der Waals surface area contributed by atoms with Gasteiger partial charge in [0.25, 0.3) is 0 Å². The SMILES string of the molecule is Cc1cc(Nc2nc(Sc3ccc([NH-])cc3)c3ccccc3n2)n[nH]1.[Ac]. The Morgan fingerprint density at radius 2 is 1.81 bits per heavy atom. The predicted octanol–water partition coefficient (Wildman–Crippen LogP) is 5.24. The smallest absolute Gasteiger partial charge is 0.230 e. The second kappa shape index (κ2) is 8.38. The van der Waals surface area contributed by atoms with Gasteiger partial charge >= 0.3 is 0 Å². The molecule has 0 aliphatic rings. The predicted molar refractivity (Wildman–Crippen MR) is 101 cm³/mol. The molecule has 0 bridgehead atoms. The number of hydrogen-bond acceptors (Lipinski definition) is 5. The summed E-state index contributed by atoms with van der Waals surface area (Å²) in [6.45, 7) is 1.94. The molecule has 0 saturated carbocycles. The van der Waals surface area contributed by atoms with Crippen LogP contribution in [-0.2, 0) is 0 Å². The van der Waals surface area contributed by atoms with E-state index >= 15 is 0 Å². The molecule has 0 amide bonds. The van der Waals surface area contributed by atoms with E-state index in [1.807, 2.05) is 49.4 Å². The fourth-order valence-electron chi connectivity index (χ4n) is 2.41. The van der Waals surface area contributed by atoms with E-state index in [9.17, 15) is 0 Å². The molecule has 1 radical (unpaired) electrons. The van der Waals surface area contributed by atoms with Gasteiger partial charge in [-0.15, -0.1) is 5.69 Å². The maximum absolute atomic E-state index is 7.61. The molecule has 8 heteroatoms. The molecular weight excluding hydrogens is 559 g/mol. The number of hydrogen-bond donors (Lipinski definition) is 2. The van der Waals surface area contributed by atoms with Crippen molar-refractivity contribution in [3.8, 4) is 0 Å².